The molecule has 3 rings (SSSR count). The third-order valence-electron chi connectivity index (χ3n) is 5.26. The maximum Gasteiger partial charge on any atom is 0.253 e. The lowest BCUT2D eigenvalue weighted by Gasteiger charge is -2.22. The molecule has 0 N–H and O–H groups in total. The van der Waals surface area contributed by atoms with Crippen molar-refractivity contribution in [1.82, 2.24) is 19.0 Å². The van der Waals surface area contributed by atoms with Crippen LogP contribution >= 0.6 is 0 Å². The Kier molecular flexibility index (Phi) is 6.52. The quantitative estimate of drug-likeness (QED) is 0.721. The van der Waals surface area contributed by atoms with Crippen molar-refractivity contribution in [1.29, 1.82) is 0 Å². The summed E-state index contributed by atoms with van der Waals surface area (Å²) in [4.78, 5) is 14.9. The summed E-state index contributed by atoms with van der Waals surface area (Å²) in [6.07, 6.45) is 0.648. The predicted octanol–water partition coefficient (Wildman–Crippen LogP) is 2.36. The van der Waals surface area contributed by atoms with Gasteiger partial charge in [0.1, 0.15) is 10.6 Å². The largest absolute Gasteiger partial charge is 0.491 e. The van der Waals surface area contributed by atoms with Crippen LogP contribution in [0.15, 0.2) is 29.2 Å². The Labute approximate surface area is 178 Å². The van der Waals surface area contributed by atoms with E-state index in [4.69, 9.17) is 4.74 Å². The minimum absolute atomic E-state index is 0.0668. The fourth-order valence-corrected chi connectivity index (χ4v) is 5.59. The van der Waals surface area contributed by atoms with Crippen LogP contribution in [0.25, 0.3) is 0 Å². The van der Waals surface area contributed by atoms with Crippen molar-refractivity contribution in [2.75, 3.05) is 26.2 Å². The Bertz CT molecular complexity index is 1010. The molecule has 1 aliphatic heterocycles. The molecular weight excluding hydrogens is 404 g/mol. The van der Waals surface area contributed by atoms with Crippen LogP contribution in [-0.2, 0) is 17.1 Å². The van der Waals surface area contributed by atoms with Crippen LogP contribution in [0.1, 0.15) is 42.0 Å². The minimum atomic E-state index is -3.66. The lowest BCUT2D eigenvalue weighted by atomic mass is 10.2. The van der Waals surface area contributed by atoms with Crippen molar-refractivity contribution in [3.05, 3.63) is 41.2 Å². The van der Waals surface area contributed by atoms with E-state index in [-0.39, 0.29) is 23.5 Å². The molecule has 0 bridgehead atoms. The first-order valence-electron chi connectivity index (χ1n) is 10.2. The van der Waals surface area contributed by atoms with Crippen LogP contribution in [0.2, 0.25) is 0 Å². The normalized spacial score (nSPS) is 16.0. The van der Waals surface area contributed by atoms with Gasteiger partial charge in [-0.2, -0.15) is 9.40 Å². The average Bonchev–Trinajstić information content (AvgIpc) is 2.86. The van der Waals surface area contributed by atoms with Gasteiger partial charge < -0.3 is 9.64 Å². The van der Waals surface area contributed by atoms with Crippen molar-refractivity contribution in [2.45, 2.75) is 45.1 Å². The predicted molar refractivity (Wildman–Crippen MR) is 114 cm³/mol. The molecule has 1 fully saturated rings. The first kappa shape index (κ1) is 22.3. The fourth-order valence-electron chi connectivity index (χ4n) is 3.72. The summed E-state index contributed by atoms with van der Waals surface area (Å²) in [6.45, 7) is 8.86. The lowest BCUT2D eigenvalue weighted by molar-refractivity contribution is 0.0764. The molecule has 1 aromatic carbocycles. The summed E-state index contributed by atoms with van der Waals surface area (Å²) in [6, 6.07) is 7.08. The van der Waals surface area contributed by atoms with Crippen molar-refractivity contribution >= 4 is 15.9 Å². The second kappa shape index (κ2) is 8.77. The van der Waals surface area contributed by atoms with E-state index in [1.54, 1.807) is 54.7 Å². The van der Waals surface area contributed by atoms with Gasteiger partial charge in [-0.05, 0) is 58.4 Å². The fraction of sp³-hybridized carbons (Fsp3) is 0.524. The van der Waals surface area contributed by atoms with Crippen LogP contribution in [-0.4, -0.2) is 65.6 Å². The number of sulfonamides is 1. The van der Waals surface area contributed by atoms with Gasteiger partial charge in [0.25, 0.3) is 5.91 Å². The molecule has 164 valence electrons. The van der Waals surface area contributed by atoms with Crippen LogP contribution in [0.5, 0.6) is 5.75 Å². The minimum Gasteiger partial charge on any atom is -0.491 e. The van der Waals surface area contributed by atoms with Gasteiger partial charge in [-0.1, -0.05) is 0 Å². The number of ether oxygens (including phenoxy) is 1. The molecular formula is C21H30N4O4S. The molecule has 0 spiro atoms. The Morgan fingerprint density at radius 3 is 2.30 bits per heavy atom. The number of carbonyl (C=O) groups excluding carboxylic acids is 1. The standard InChI is InChI=1S/C21H30N4O4S/c1-15(2)29-19-9-7-18(8-10-19)21(26)24-11-6-12-25(14-13-24)30(27,28)20-16(3)22-23(5)17(20)4/h7-10,15H,6,11-14H2,1-5H3. The summed E-state index contributed by atoms with van der Waals surface area (Å²) >= 11 is 0. The Balaban J connectivity index is 1.72. The highest BCUT2D eigenvalue weighted by Gasteiger charge is 2.32. The van der Waals surface area contributed by atoms with E-state index in [2.05, 4.69) is 5.10 Å². The van der Waals surface area contributed by atoms with Crippen LogP contribution in [0.3, 0.4) is 0 Å². The molecule has 8 nitrogen and oxygen atoms in total. The molecule has 1 saturated heterocycles. The second-order valence-electron chi connectivity index (χ2n) is 7.86. The highest BCUT2D eigenvalue weighted by Crippen LogP contribution is 2.24. The van der Waals surface area contributed by atoms with Crippen molar-refractivity contribution < 1.29 is 17.9 Å². The number of aryl methyl sites for hydroxylation is 2. The molecule has 2 aromatic rings. The number of hydrogen-bond donors (Lipinski definition) is 0. The first-order chi connectivity index (χ1) is 14.1. The number of benzene rings is 1. The summed E-state index contributed by atoms with van der Waals surface area (Å²) in [7, 11) is -1.92. The smallest absolute Gasteiger partial charge is 0.253 e. The zero-order valence-electron chi connectivity index (χ0n) is 18.3. The second-order valence-corrected chi connectivity index (χ2v) is 9.74. The molecule has 1 aliphatic rings. The van der Waals surface area contributed by atoms with E-state index in [9.17, 15) is 13.2 Å². The molecule has 1 amide bonds. The number of rotatable bonds is 5. The Morgan fingerprint density at radius 2 is 1.73 bits per heavy atom. The number of aromatic nitrogens is 2. The lowest BCUT2D eigenvalue weighted by Crippen LogP contribution is -2.37. The molecule has 0 atom stereocenters. The van der Waals surface area contributed by atoms with Gasteiger partial charge in [-0.3, -0.25) is 9.48 Å². The third kappa shape index (κ3) is 4.52. The zero-order valence-corrected chi connectivity index (χ0v) is 19.1. The SMILES string of the molecule is Cc1nn(C)c(C)c1S(=O)(=O)N1CCCN(C(=O)c2ccc(OC(C)C)cc2)CC1. The van der Waals surface area contributed by atoms with E-state index in [0.717, 1.165) is 5.75 Å². The molecule has 0 unspecified atom stereocenters. The maximum atomic E-state index is 13.2. The topological polar surface area (TPSA) is 84.7 Å². The van der Waals surface area contributed by atoms with Crippen LogP contribution < -0.4 is 4.74 Å². The van der Waals surface area contributed by atoms with E-state index in [1.165, 1.54) is 4.31 Å². The average molecular weight is 435 g/mol. The van der Waals surface area contributed by atoms with Gasteiger partial charge in [-0.15, -0.1) is 0 Å². The molecule has 0 radical (unpaired) electrons. The molecule has 30 heavy (non-hydrogen) atoms. The summed E-state index contributed by atoms with van der Waals surface area (Å²) < 4.78 is 35.1. The maximum absolute atomic E-state index is 13.2. The Morgan fingerprint density at radius 1 is 1.07 bits per heavy atom. The monoisotopic (exact) mass is 434 g/mol. The molecule has 2 heterocycles. The number of nitrogens with zero attached hydrogens (tertiary/aromatic N) is 4. The van der Waals surface area contributed by atoms with Gasteiger partial charge in [0.2, 0.25) is 10.0 Å². The summed E-state index contributed by atoms with van der Waals surface area (Å²) in [5, 5.41) is 4.24. The molecule has 1 aromatic heterocycles. The highest BCUT2D eigenvalue weighted by atomic mass is 32.2. The summed E-state index contributed by atoms with van der Waals surface area (Å²) in [5.41, 5.74) is 1.69. The van der Waals surface area contributed by atoms with Gasteiger partial charge in [-0.25, -0.2) is 8.42 Å². The van der Waals surface area contributed by atoms with Crippen molar-refractivity contribution in [3.8, 4) is 5.75 Å². The number of amides is 1. The van der Waals surface area contributed by atoms with E-state index in [0.29, 0.717) is 43.0 Å². The highest BCUT2D eigenvalue weighted by molar-refractivity contribution is 7.89. The zero-order chi connectivity index (χ0) is 22.1. The molecule has 0 saturated carbocycles. The number of carbonyl (C=O) groups is 1. The van der Waals surface area contributed by atoms with Crippen molar-refractivity contribution in [2.24, 2.45) is 7.05 Å². The van der Waals surface area contributed by atoms with E-state index >= 15 is 0 Å². The van der Waals surface area contributed by atoms with Crippen LogP contribution in [0, 0.1) is 13.8 Å². The van der Waals surface area contributed by atoms with E-state index < -0.39 is 10.0 Å². The van der Waals surface area contributed by atoms with Gasteiger partial charge in [0.05, 0.1) is 17.5 Å². The summed E-state index contributed by atoms with van der Waals surface area (Å²) in [5.74, 6) is 0.621. The van der Waals surface area contributed by atoms with Gasteiger partial charge in [0.15, 0.2) is 0 Å². The Hall–Kier alpha value is -2.39. The van der Waals surface area contributed by atoms with E-state index in [1.807, 2.05) is 13.8 Å². The molecule has 0 aliphatic carbocycles. The molecule has 9 heteroatoms. The van der Waals surface area contributed by atoms with Gasteiger partial charge >= 0.3 is 0 Å². The first-order valence-corrected chi connectivity index (χ1v) is 11.6. The van der Waals surface area contributed by atoms with Gasteiger partial charge in [0, 0.05) is 38.8 Å². The third-order valence-corrected chi connectivity index (χ3v) is 7.41. The van der Waals surface area contributed by atoms with Crippen LogP contribution in [0.4, 0.5) is 0 Å². The number of hydrogen-bond acceptors (Lipinski definition) is 5. The van der Waals surface area contributed by atoms with Crippen molar-refractivity contribution in [3.63, 3.8) is 0 Å².